The SMILES string of the molecule is c1ccc2c(-c3cnccn3)n[nH]c2c1. The van der Waals surface area contributed by atoms with Crippen LogP contribution >= 0.6 is 0 Å². The van der Waals surface area contributed by atoms with Gasteiger partial charge in [-0.15, -0.1) is 0 Å². The van der Waals surface area contributed by atoms with Crippen molar-refractivity contribution >= 4 is 10.9 Å². The summed E-state index contributed by atoms with van der Waals surface area (Å²) in [6.45, 7) is 0. The van der Waals surface area contributed by atoms with Gasteiger partial charge in [0.2, 0.25) is 0 Å². The Morgan fingerprint density at radius 1 is 1.07 bits per heavy atom. The summed E-state index contributed by atoms with van der Waals surface area (Å²) in [5.74, 6) is 0. The zero-order valence-corrected chi connectivity index (χ0v) is 7.88. The maximum absolute atomic E-state index is 4.24. The molecule has 0 bridgehead atoms. The van der Waals surface area contributed by atoms with Gasteiger partial charge in [0.15, 0.2) is 0 Å². The van der Waals surface area contributed by atoms with E-state index in [0.29, 0.717) is 0 Å². The highest BCUT2D eigenvalue weighted by atomic mass is 15.1. The minimum absolute atomic E-state index is 0.787. The third-order valence-electron chi connectivity index (χ3n) is 2.28. The first kappa shape index (κ1) is 8.11. The third-order valence-corrected chi connectivity index (χ3v) is 2.28. The molecule has 0 saturated carbocycles. The molecule has 2 aromatic heterocycles. The number of aromatic amines is 1. The number of hydrogen-bond donors (Lipinski definition) is 1. The van der Waals surface area contributed by atoms with Crippen LogP contribution in [0.1, 0.15) is 0 Å². The van der Waals surface area contributed by atoms with Crippen molar-refractivity contribution in [1.82, 2.24) is 20.2 Å². The predicted molar refractivity (Wildman–Crippen MR) is 57.1 cm³/mol. The molecule has 0 aliphatic rings. The van der Waals surface area contributed by atoms with E-state index < -0.39 is 0 Å². The zero-order chi connectivity index (χ0) is 10.1. The van der Waals surface area contributed by atoms with Crippen LogP contribution in [0.4, 0.5) is 0 Å². The van der Waals surface area contributed by atoms with E-state index in [4.69, 9.17) is 0 Å². The number of hydrogen-bond acceptors (Lipinski definition) is 3. The average Bonchev–Trinajstić information content (AvgIpc) is 2.74. The Balaban J connectivity index is 2.28. The first-order chi connectivity index (χ1) is 7.45. The van der Waals surface area contributed by atoms with Crippen molar-refractivity contribution in [3.63, 3.8) is 0 Å². The Kier molecular flexibility index (Phi) is 1.71. The standard InChI is InChI=1S/C11H8N4/c1-2-4-9-8(3-1)11(15-14-9)10-7-12-5-6-13-10/h1-7H,(H,14,15). The molecule has 3 aromatic rings. The molecule has 2 heterocycles. The van der Waals surface area contributed by atoms with E-state index in [-0.39, 0.29) is 0 Å². The lowest BCUT2D eigenvalue weighted by Crippen LogP contribution is -1.84. The quantitative estimate of drug-likeness (QED) is 0.647. The zero-order valence-electron chi connectivity index (χ0n) is 7.88. The number of fused-ring (bicyclic) bond motifs is 1. The summed E-state index contributed by atoms with van der Waals surface area (Å²) in [5, 5.41) is 8.27. The van der Waals surface area contributed by atoms with E-state index >= 15 is 0 Å². The fourth-order valence-corrected chi connectivity index (χ4v) is 1.58. The molecule has 0 atom stereocenters. The van der Waals surface area contributed by atoms with Crippen LogP contribution in [0.2, 0.25) is 0 Å². The number of nitrogens with one attached hydrogen (secondary N) is 1. The second kappa shape index (κ2) is 3.16. The minimum Gasteiger partial charge on any atom is -0.277 e. The Labute approximate surface area is 86.0 Å². The Morgan fingerprint density at radius 3 is 2.87 bits per heavy atom. The van der Waals surface area contributed by atoms with Crippen LogP contribution in [0.15, 0.2) is 42.9 Å². The van der Waals surface area contributed by atoms with Gasteiger partial charge in [0.1, 0.15) is 11.4 Å². The lowest BCUT2D eigenvalue weighted by atomic mass is 10.2. The summed E-state index contributed by atoms with van der Waals surface area (Å²) in [6.07, 6.45) is 5.03. The predicted octanol–water partition coefficient (Wildman–Crippen LogP) is 2.02. The van der Waals surface area contributed by atoms with Crippen molar-refractivity contribution in [2.24, 2.45) is 0 Å². The maximum atomic E-state index is 4.24. The highest BCUT2D eigenvalue weighted by Gasteiger charge is 2.07. The van der Waals surface area contributed by atoms with E-state index in [1.54, 1.807) is 18.6 Å². The number of aromatic nitrogens is 4. The van der Waals surface area contributed by atoms with Gasteiger partial charge in [0.25, 0.3) is 0 Å². The summed E-state index contributed by atoms with van der Waals surface area (Å²) >= 11 is 0. The molecule has 15 heavy (non-hydrogen) atoms. The van der Waals surface area contributed by atoms with Crippen LogP contribution in [0, 0.1) is 0 Å². The second-order valence-electron chi connectivity index (χ2n) is 3.21. The molecule has 1 N–H and O–H groups in total. The van der Waals surface area contributed by atoms with E-state index in [2.05, 4.69) is 20.2 Å². The third kappa shape index (κ3) is 1.27. The van der Waals surface area contributed by atoms with Crippen molar-refractivity contribution in [1.29, 1.82) is 0 Å². The Morgan fingerprint density at radius 2 is 2.00 bits per heavy atom. The van der Waals surface area contributed by atoms with Crippen molar-refractivity contribution in [2.45, 2.75) is 0 Å². The summed E-state index contributed by atoms with van der Waals surface area (Å²) in [7, 11) is 0. The van der Waals surface area contributed by atoms with Gasteiger partial charge in [-0.05, 0) is 6.07 Å². The highest BCUT2D eigenvalue weighted by molar-refractivity contribution is 5.91. The first-order valence-electron chi connectivity index (χ1n) is 4.64. The van der Waals surface area contributed by atoms with Crippen LogP contribution in [0.25, 0.3) is 22.3 Å². The normalized spacial score (nSPS) is 10.7. The maximum Gasteiger partial charge on any atom is 0.120 e. The first-order valence-corrected chi connectivity index (χ1v) is 4.64. The van der Waals surface area contributed by atoms with Crippen LogP contribution in [0.3, 0.4) is 0 Å². The fraction of sp³-hybridized carbons (Fsp3) is 0. The molecular formula is C11H8N4. The molecule has 3 rings (SSSR count). The minimum atomic E-state index is 0.787. The van der Waals surface area contributed by atoms with Gasteiger partial charge in [-0.3, -0.25) is 15.1 Å². The lowest BCUT2D eigenvalue weighted by molar-refractivity contribution is 1.10. The monoisotopic (exact) mass is 196 g/mol. The molecule has 1 aromatic carbocycles. The average molecular weight is 196 g/mol. The topological polar surface area (TPSA) is 54.5 Å². The van der Waals surface area contributed by atoms with E-state index in [1.165, 1.54) is 0 Å². The number of H-pyrrole nitrogens is 1. The molecule has 0 aliphatic heterocycles. The summed E-state index contributed by atoms with van der Waals surface area (Å²) in [5.41, 5.74) is 2.65. The summed E-state index contributed by atoms with van der Waals surface area (Å²) in [6, 6.07) is 7.96. The van der Waals surface area contributed by atoms with Crippen molar-refractivity contribution in [2.75, 3.05) is 0 Å². The number of nitrogens with zero attached hydrogens (tertiary/aromatic N) is 3. The molecule has 0 amide bonds. The smallest absolute Gasteiger partial charge is 0.120 e. The summed E-state index contributed by atoms with van der Waals surface area (Å²) < 4.78 is 0. The van der Waals surface area contributed by atoms with Gasteiger partial charge >= 0.3 is 0 Å². The molecular weight excluding hydrogens is 188 g/mol. The highest BCUT2D eigenvalue weighted by Crippen LogP contribution is 2.23. The largest absolute Gasteiger partial charge is 0.277 e. The molecule has 0 radical (unpaired) electrons. The van der Waals surface area contributed by atoms with E-state index in [0.717, 1.165) is 22.3 Å². The molecule has 0 fully saturated rings. The fourth-order valence-electron chi connectivity index (χ4n) is 1.58. The second-order valence-corrected chi connectivity index (χ2v) is 3.21. The van der Waals surface area contributed by atoms with Gasteiger partial charge < -0.3 is 0 Å². The van der Waals surface area contributed by atoms with Crippen molar-refractivity contribution < 1.29 is 0 Å². The Hall–Kier alpha value is -2.23. The number of benzene rings is 1. The Bertz CT molecular complexity index is 586. The molecule has 0 unspecified atom stereocenters. The lowest BCUT2D eigenvalue weighted by Gasteiger charge is -1.94. The van der Waals surface area contributed by atoms with E-state index in [1.807, 2.05) is 24.3 Å². The molecule has 4 heteroatoms. The van der Waals surface area contributed by atoms with Gasteiger partial charge in [-0.25, -0.2) is 0 Å². The van der Waals surface area contributed by atoms with Gasteiger partial charge in [-0.2, -0.15) is 5.10 Å². The molecule has 72 valence electrons. The molecule has 0 spiro atoms. The molecule has 4 nitrogen and oxygen atoms in total. The van der Waals surface area contributed by atoms with Crippen LogP contribution in [-0.4, -0.2) is 20.2 Å². The molecule has 0 saturated heterocycles. The van der Waals surface area contributed by atoms with Crippen LogP contribution in [0.5, 0.6) is 0 Å². The van der Waals surface area contributed by atoms with Gasteiger partial charge in [0, 0.05) is 17.8 Å². The van der Waals surface area contributed by atoms with Crippen molar-refractivity contribution in [3.05, 3.63) is 42.9 Å². The number of para-hydroxylation sites is 1. The van der Waals surface area contributed by atoms with Crippen LogP contribution in [-0.2, 0) is 0 Å². The van der Waals surface area contributed by atoms with Gasteiger partial charge in [0.05, 0.1) is 11.7 Å². The van der Waals surface area contributed by atoms with Crippen molar-refractivity contribution in [3.8, 4) is 11.4 Å². The van der Waals surface area contributed by atoms with E-state index in [9.17, 15) is 0 Å². The number of rotatable bonds is 1. The summed E-state index contributed by atoms with van der Waals surface area (Å²) in [4.78, 5) is 8.26. The molecule has 0 aliphatic carbocycles. The van der Waals surface area contributed by atoms with Crippen LogP contribution < -0.4 is 0 Å². The van der Waals surface area contributed by atoms with Gasteiger partial charge in [-0.1, -0.05) is 18.2 Å².